The zero-order chi connectivity index (χ0) is 17.9. The molecule has 0 saturated carbocycles. The summed E-state index contributed by atoms with van der Waals surface area (Å²) >= 11 is 0. The maximum absolute atomic E-state index is 12.6. The van der Waals surface area contributed by atoms with Crippen LogP contribution in [0.5, 0.6) is 0 Å². The predicted octanol–water partition coefficient (Wildman–Crippen LogP) is 3.81. The van der Waals surface area contributed by atoms with Gasteiger partial charge in [0.1, 0.15) is 11.5 Å². The highest BCUT2D eigenvalue weighted by Crippen LogP contribution is 2.28. The predicted molar refractivity (Wildman–Crippen MR) is 84.7 cm³/mol. The van der Waals surface area contributed by atoms with E-state index in [9.17, 15) is 18.0 Å². The molecule has 0 fully saturated rings. The van der Waals surface area contributed by atoms with Gasteiger partial charge in [0.2, 0.25) is 0 Å². The van der Waals surface area contributed by atoms with E-state index in [0.29, 0.717) is 5.82 Å². The van der Waals surface area contributed by atoms with Crippen LogP contribution in [0.4, 0.5) is 19.0 Å². The van der Waals surface area contributed by atoms with Crippen LogP contribution in [0.15, 0.2) is 60.9 Å². The molecule has 2 heterocycles. The third-order valence-electron chi connectivity index (χ3n) is 3.23. The molecule has 1 amide bonds. The van der Waals surface area contributed by atoms with E-state index in [1.807, 2.05) is 30.3 Å². The van der Waals surface area contributed by atoms with E-state index in [1.54, 1.807) is 0 Å². The van der Waals surface area contributed by atoms with Crippen LogP contribution >= 0.6 is 0 Å². The van der Waals surface area contributed by atoms with Crippen LogP contribution in [0.3, 0.4) is 0 Å². The topological polar surface area (TPSA) is 67.8 Å². The Bertz CT molecular complexity index is 880. The summed E-state index contributed by atoms with van der Waals surface area (Å²) in [4.78, 5) is 23.7. The van der Waals surface area contributed by atoms with E-state index in [-0.39, 0.29) is 11.4 Å². The molecule has 126 valence electrons. The molecule has 3 aromatic rings. The fourth-order valence-corrected chi connectivity index (χ4v) is 2.03. The van der Waals surface area contributed by atoms with E-state index >= 15 is 0 Å². The van der Waals surface area contributed by atoms with Crippen molar-refractivity contribution in [2.24, 2.45) is 0 Å². The van der Waals surface area contributed by atoms with Crippen molar-refractivity contribution in [3.8, 4) is 11.4 Å². The Balaban J connectivity index is 1.76. The summed E-state index contributed by atoms with van der Waals surface area (Å²) in [6.07, 6.45) is -1.97. The van der Waals surface area contributed by atoms with Crippen molar-refractivity contribution in [1.82, 2.24) is 15.0 Å². The first-order valence-electron chi connectivity index (χ1n) is 7.16. The molecule has 1 aromatic carbocycles. The molecule has 0 aliphatic carbocycles. The van der Waals surface area contributed by atoms with E-state index < -0.39 is 17.8 Å². The van der Waals surface area contributed by atoms with E-state index in [1.165, 1.54) is 24.5 Å². The summed E-state index contributed by atoms with van der Waals surface area (Å²) < 4.78 is 37.9. The lowest BCUT2D eigenvalue weighted by Gasteiger charge is -2.08. The van der Waals surface area contributed by atoms with Gasteiger partial charge in [-0.2, -0.15) is 13.2 Å². The molecule has 0 saturated heterocycles. The minimum absolute atomic E-state index is 0.110. The smallest absolute Gasteiger partial charge is 0.306 e. The van der Waals surface area contributed by atoms with Gasteiger partial charge in [-0.15, -0.1) is 0 Å². The summed E-state index contributed by atoms with van der Waals surface area (Å²) in [5, 5.41) is 2.30. The molecular formula is C17H11F3N4O. The van der Waals surface area contributed by atoms with Gasteiger partial charge >= 0.3 is 6.18 Å². The standard InChI is InChI=1S/C17H11F3N4O/c18-17(19,20)13-7-4-8-14(23-13)24-16(25)12-9-21-15(22-10-12)11-5-2-1-3-6-11/h1-10H,(H,23,24,25). The summed E-state index contributed by atoms with van der Waals surface area (Å²) in [5.74, 6) is -0.409. The van der Waals surface area contributed by atoms with Gasteiger partial charge in [-0.05, 0) is 12.1 Å². The Labute approximate surface area is 140 Å². The second-order valence-electron chi connectivity index (χ2n) is 5.02. The molecule has 0 bridgehead atoms. The summed E-state index contributed by atoms with van der Waals surface area (Å²) in [5.41, 5.74) is -0.186. The molecule has 0 aliphatic heterocycles. The molecule has 2 aromatic heterocycles. The highest BCUT2D eigenvalue weighted by Gasteiger charge is 2.32. The zero-order valence-electron chi connectivity index (χ0n) is 12.7. The van der Waals surface area contributed by atoms with Gasteiger partial charge in [0.05, 0.1) is 5.56 Å². The van der Waals surface area contributed by atoms with Gasteiger partial charge in [-0.25, -0.2) is 15.0 Å². The lowest BCUT2D eigenvalue weighted by molar-refractivity contribution is -0.141. The molecule has 0 aliphatic rings. The van der Waals surface area contributed by atoms with Gasteiger partial charge < -0.3 is 5.32 Å². The number of carbonyl (C=O) groups excluding carboxylic acids is 1. The van der Waals surface area contributed by atoms with Gasteiger partial charge in [-0.3, -0.25) is 4.79 Å². The average molecular weight is 344 g/mol. The number of hydrogen-bond donors (Lipinski definition) is 1. The SMILES string of the molecule is O=C(Nc1cccc(C(F)(F)F)n1)c1cnc(-c2ccccc2)nc1. The molecule has 5 nitrogen and oxygen atoms in total. The lowest BCUT2D eigenvalue weighted by Crippen LogP contribution is -2.16. The number of amides is 1. The van der Waals surface area contributed by atoms with Crippen LogP contribution in [-0.4, -0.2) is 20.9 Å². The Morgan fingerprint density at radius 3 is 2.24 bits per heavy atom. The van der Waals surface area contributed by atoms with Gasteiger partial charge in [0.15, 0.2) is 5.82 Å². The minimum atomic E-state index is -4.58. The monoisotopic (exact) mass is 344 g/mol. The van der Waals surface area contributed by atoms with Crippen molar-refractivity contribution in [2.75, 3.05) is 5.32 Å². The molecule has 0 radical (unpaired) electrons. The molecule has 3 rings (SSSR count). The number of hydrogen-bond acceptors (Lipinski definition) is 4. The normalized spacial score (nSPS) is 11.2. The summed E-state index contributed by atoms with van der Waals surface area (Å²) in [6, 6.07) is 12.4. The number of pyridine rings is 1. The Hall–Kier alpha value is -3.29. The Kier molecular flexibility index (Phi) is 4.42. The molecule has 0 atom stereocenters. The van der Waals surface area contributed by atoms with Gasteiger partial charge in [0.25, 0.3) is 5.91 Å². The fraction of sp³-hybridized carbons (Fsp3) is 0.0588. The van der Waals surface area contributed by atoms with Crippen molar-refractivity contribution >= 4 is 11.7 Å². The average Bonchev–Trinajstić information content (AvgIpc) is 2.62. The lowest BCUT2D eigenvalue weighted by atomic mass is 10.2. The van der Waals surface area contributed by atoms with Crippen LogP contribution in [0, 0.1) is 0 Å². The molecule has 8 heteroatoms. The fourth-order valence-electron chi connectivity index (χ4n) is 2.03. The van der Waals surface area contributed by atoms with Crippen LogP contribution < -0.4 is 5.32 Å². The van der Waals surface area contributed by atoms with E-state index in [4.69, 9.17) is 0 Å². The third-order valence-corrected chi connectivity index (χ3v) is 3.23. The Morgan fingerprint density at radius 1 is 0.920 bits per heavy atom. The number of nitrogens with one attached hydrogen (secondary N) is 1. The quantitative estimate of drug-likeness (QED) is 0.784. The minimum Gasteiger partial charge on any atom is -0.306 e. The van der Waals surface area contributed by atoms with Crippen LogP contribution in [0.2, 0.25) is 0 Å². The first-order chi connectivity index (χ1) is 11.9. The van der Waals surface area contributed by atoms with Gasteiger partial charge in [-0.1, -0.05) is 36.4 Å². The van der Waals surface area contributed by atoms with E-state index in [0.717, 1.165) is 11.6 Å². The Morgan fingerprint density at radius 2 is 1.60 bits per heavy atom. The number of aromatic nitrogens is 3. The maximum atomic E-state index is 12.6. The largest absolute Gasteiger partial charge is 0.433 e. The van der Waals surface area contributed by atoms with Crippen molar-refractivity contribution in [3.05, 3.63) is 72.2 Å². The van der Waals surface area contributed by atoms with Crippen molar-refractivity contribution < 1.29 is 18.0 Å². The van der Waals surface area contributed by atoms with Crippen molar-refractivity contribution in [3.63, 3.8) is 0 Å². The number of rotatable bonds is 3. The first-order valence-corrected chi connectivity index (χ1v) is 7.16. The molecule has 25 heavy (non-hydrogen) atoms. The highest BCUT2D eigenvalue weighted by molar-refractivity contribution is 6.03. The number of benzene rings is 1. The van der Waals surface area contributed by atoms with Crippen molar-refractivity contribution in [2.45, 2.75) is 6.18 Å². The number of anilines is 1. The van der Waals surface area contributed by atoms with Gasteiger partial charge in [0, 0.05) is 18.0 Å². The number of nitrogens with zero attached hydrogens (tertiary/aromatic N) is 3. The summed E-state index contributed by atoms with van der Waals surface area (Å²) in [6.45, 7) is 0. The second kappa shape index (κ2) is 6.68. The zero-order valence-corrected chi connectivity index (χ0v) is 12.7. The number of carbonyl (C=O) groups is 1. The second-order valence-corrected chi connectivity index (χ2v) is 5.02. The van der Waals surface area contributed by atoms with E-state index in [2.05, 4.69) is 20.3 Å². The first kappa shape index (κ1) is 16.6. The number of alkyl halides is 3. The van der Waals surface area contributed by atoms with Crippen molar-refractivity contribution in [1.29, 1.82) is 0 Å². The molecule has 1 N–H and O–H groups in total. The van der Waals surface area contributed by atoms with Crippen LogP contribution in [-0.2, 0) is 6.18 Å². The molecule has 0 unspecified atom stereocenters. The maximum Gasteiger partial charge on any atom is 0.433 e. The number of halogens is 3. The molecular weight excluding hydrogens is 333 g/mol. The van der Waals surface area contributed by atoms with Crippen LogP contribution in [0.25, 0.3) is 11.4 Å². The highest BCUT2D eigenvalue weighted by atomic mass is 19.4. The van der Waals surface area contributed by atoms with Crippen LogP contribution in [0.1, 0.15) is 16.1 Å². The molecule has 0 spiro atoms. The summed E-state index contributed by atoms with van der Waals surface area (Å²) in [7, 11) is 0. The third kappa shape index (κ3) is 3.97.